The Morgan fingerprint density at radius 3 is 2.61 bits per heavy atom. The van der Waals surface area contributed by atoms with Crippen molar-refractivity contribution in [1.29, 1.82) is 0 Å². The number of hydrogen-bond donors (Lipinski definition) is 2. The van der Waals surface area contributed by atoms with E-state index < -0.39 is 23.6 Å². The number of alkyl halides is 2. The molecule has 0 aliphatic rings. The van der Waals surface area contributed by atoms with Crippen LogP contribution in [0.25, 0.3) is 0 Å². The fourth-order valence-corrected chi connectivity index (χ4v) is 2.15. The van der Waals surface area contributed by atoms with Gasteiger partial charge < -0.3 is 15.4 Å². The summed E-state index contributed by atoms with van der Waals surface area (Å²) in [6.45, 7) is 3.69. The summed E-state index contributed by atoms with van der Waals surface area (Å²) in [4.78, 5) is 28.0. The van der Waals surface area contributed by atoms with Crippen LogP contribution in [-0.2, 0) is 11.3 Å². The molecule has 28 heavy (non-hydrogen) atoms. The van der Waals surface area contributed by atoms with Gasteiger partial charge in [-0.2, -0.15) is 8.78 Å². The molecule has 0 saturated heterocycles. The monoisotopic (exact) mass is 395 g/mol. The SMILES string of the molecule is CC(C)C(=O)Nc1cc(C(=O)NCc2cccc(OC(C)(F)F)c2F)ccn1. The van der Waals surface area contributed by atoms with Gasteiger partial charge in [0, 0.05) is 36.7 Å². The average molecular weight is 395 g/mol. The van der Waals surface area contributed by atoms with Crippen LogP contribution in [0.5, 0.6) is 5.75 Å². The molecule has 2 rings (SSSR count). The lowest BCUT2D eigenvalue weighted by Crippen LogP contribution is -2.25. The van der Waals surface area contributed by atoms with Gasteiger partial charge in [0.1, 0.15) is 5.82 Å². The zero-order chi connectivity index (χ0) is 20.9. The quantitative estimate of drug-likeness (QED) is 0.749. The van der Waals surface area contributed by atoms with E-state index in [2.05, 4.69) is 20.4 Å². The first-order valence-corrected chi connectivity index (χ1v) is 8.46. The number of nitrogens with one attached hydrogen (secondary N) is 2. The molecule has 1 aromatic heterocycles. The lowest BCUT2D eigenvalue weighted by Gasteiger charge is -2.15. The van der Waals surface area contributed by atoms with Crippen LogP contribution in [0.2, 0.25) is 0 Å². The highest BCUT2D eigenvalue weighted by Gasteiger charge is 2.25. The van der Waals surface area contributed by atoms with E-state index >= 15 is 0 Å². The molecule has 2 N–H and O–H groups in total. The van der Waals surface area contributed by atoms with Crippen molar-refractivity contribution in [3.63, 3.8) is 0 Å². The number of aromatic nitrogens is 1. The molecular weight excluding hydrogens is 375 g/mol. The van der Waals surface area contributed by atoms with Gasteiger partial charge >= 0.3 is 6.11 Å². The van der Waals surface area contributed by atoms with E-state index in [1.165, 1.54) is 30.5 Å². The maximum absolute atomic E-state index is 14.3. The highest BCUT2D eigenvalue weighted by Crippen LogP contribution is 2.26. The predicted molar refractivity (Wildman–Crippen MR) is 96.5 cm³/mol. The third-order valence-electron chi connectivity index (χ3n) is 3.57. The van der Waals surface area contributed by atoms with Crippen molar-refractivity contribution in [1.82, 2.24) is 10.3 Å². The van der Waals surface area contributed by atoms with Gasteiger partial charge in [0.05, 0.1) is 0 Å². The molecule has 9 heteroatoms. The zero-order valence-electron chi connectivity index (χ0n) is 15.6. The molecule has 0 atom stereocenters. The fourth-order valence-electron chi connectivity index (χ4n) is 2.15. The Kier molecular flexibility index (Phi) is 6.61. The molecule has 2 amide bonds. The molecule has 0 aliphatic heterocycles. The van der Waals surface area contributed by atoms with E-state index in [-0.39, 0.29) is 35.3 Å². The minimum atomic E-state index is -3.53. The second-order valence-corrected chi connectivity index (χ2v) is 6.40. The number of carbonyl (C=O) groups excluding carboxylic acids is 2. The molecule has 6 nitrogen and oxygen atoms in total. The van der Waals surface area contributed by atoms with Gasteiger partial charge in [-0.15, -0.1) is 0 Å². The third-order valence-corrected chi connectivity index (χ3v) is 3.57. The van der Waals surface area contributed by atoms with Gasteiger partial charge in [0.25, 0.3) is 5.91 Å². The van der Waals surface area contributed by atoms with E-state index in [0.717, 1.165) is 6.07 Å². The largest absolute Gasteiger partial charge is 0.430 e. The highest BCUT2D eigenvalue weighted by molar-refractivity contribution is 5.96. The first kappa shape index (κ1) is 21.2. The molecule has 0 bridgehead atoms. The Labute approximate surface area is 160 Å². The Morgan fingerprint density at radius 1 is 1.25 bits per heavy atom. The number of anilines is 1. The summed E-state index contributed by atoms with van der Waals surface area (Å²) in [5.41, 5.74) is 0.180. The maximum atomic E-state index is 14.3. The molecule has 0 saturated carbocycles. The number of halogens is 3. The Hall–Kier alpha value is -3.10. The molecule has 0 spiro atoms. The summed E-state index contributed by atoms with van der Waals surface area (Å²) in [5, 5.41) is 5.06. The molecule has 0 aliphatic carbocycles. The van der Waals surface area contributed by atoms with Gasteiger partial charge in [0.15, 0.2) is 11.6 Å². The topological polar surface area (TPSA) is 80.3 Å². The predicted octanol–water partition coefficient (Wildman–Crippen LogP) is 3.74. The summed E-state index contributed by atoms with van der Waals surface area (Å²) in [5.74, 6) is -2.44. The number of pyridine rings is 1. The fraction of sp³-hybridized carbons (Fsp3) is 0.316. The van der Waals surface area contributed by atoms with Crippen molar-refractivity contribution < 1.29 is 27.5 Å². The standard InChI is InChI=1S/C19H20F3N3O3/c1-11(2)17(26)25-15-9-12(7-8-23-15)18(27)24-10-13-5-4-6-14(16(13)20)28-19(3,21)22/h4-9,11H,10H2,1-3H3,(H,24,27)(H,23,25,26). The van der Waals surface area contributed by atoms with Crippen molar-refractivity contribution in [2.75, 3.05) is 5.32 Å². The van der Waals surface area contributed by atoms with Crippen LogP contribution in [0.1, 0.15) is 36.7 Å². The zero-order valence-corrected chi connectivity index (χ0v) is 15.6. The first-order chi connectivity index (χ1) is 13.1. The van der Waals surface area contributed by atoms with Crippen molar-refractivity contribution in [2.24, 2.45) is 5.92 Å². The minimum absolute atomic E-state index is 0.0162. The summed E-state index contributed by atoms with van der Waals surface area (Å²) < 4.78 is 44.4. The summed E-state index contributed by atoms with van der Waals surface area (Å²) in [6.07, 6.45) is -2.18. The smallest absolute Gasteiger partial charge is 0.395 e. The Morgan fingerprint density at radius 2 is 1.96 bits per heavy atom. The van der Waals surface area contributed by atoms with Crippen LogP contribution >= 0.6 is 0 Å². The Bertz CT molecular complexity index is 867. The molecule has 1 aromatic carbocycles. The molecule has 0 fully saturated rings. The lowest BCUT2D eigenvalue weighted by atomic mass is 10.1. The average Bonchev–Trinajstić information content (AvgIpc) is 2.61. The van der Waals surface area contributed by atoms with Crippen LogP contribution in [-0.4, -0.2) is 22.9 Å². The highest BCUT2D eigenvalue weighted by atomic mass is 19.3. The summed E-state index contributed by atoms with van der Waals surface area (Å²) in [6, 6.07) is 6.57. The Balaban J connectivity index is 2.07. The number of hydrogen-bond acceptors (Lipinski definition) is 4. The molecular formula is C19H20F3N3O3. The van der Waals surface area contributed by atoms with E-state index in [9.17, 15) is 22.8 Å². The summed E-state index contributed by atoms with van der Waals surface area (Å²) >= 11 is 0. The van der Waals surface area contributed by atoms with Crippen molar-refractivity contribution >= 4 is 17.6 Å². The lowest BCUT2D eigenvalue weighted by molar-refractivity contribution is -0.160. The minimum Gasteiger partial charge on any atom is -0.430 e. The third kappa shape index (κ3) is 5.97. The van der Waals surface area contributed by atoms with Crippen LogP contribution in [0, 0.1) is 11.7 Å². The van der Waals surface area contributed by atoms with Crippen molar-refractivity contribution in [3.8, 4) is 5.75 Å². The van der Waals surface area contributed by atoms with Crippen LogP contribution < -0.4 is 15.4 Å². The van der Waals surface area contributed by atoms with E-state index in [1.807, 2.05) is 0 Å². The van der Waals surface area contributed by atoms with Crippen LogP contribution in [0.4, 0.5) is 19.0 Å². The van der Waals surface area contributed by atoms with Crippen molar-refractivity contribution in [2.45, 2.75) is 33.4 Å². The summed E-state index contributed by atoms with van der Waals surface area (Å²) in [7, 11) is 0. The molecule has 1 heterocycles. The van der Waals surface area contributed by atoms with Gasteiger partial charge in [-0.25, -0.2) is 9.37 Å². The second-order valence-electron chi connectivity index (χ2n) is 6.40. The van der Waals surface area contributed by atoms with E-state index in [0.29, 0.717) is 6.92 Å². The van der Waals surface area contributed by atoms with Crippen molar-refractivity contribution in [3.05, 3.63) is 53.5 Å². The van der Waals surface area contributed by atoms with E-state index in [4.69, 9.17) is 0 Å². The number of amides is 2. The number of ether oxygens (including phenoxy) is 1. The molecule has 150 valence electrons. The van der Waals surface area contributed by atoms with E-state index in [1.54, 1.807) is 13.8 Å². The van der Waals surface area contributed by atoms with Gasteiger partial charge in [-0.05, 0) is 18.2 Å². The number of rotatable bonds is 7. The molecule has 0 radical (unpaired) electrons. The van der Waals surface area contributed by atoms with Gasteiger partial charge in [-0.3, -0.25) is 9.59 Å². The molecule has 0 unspecified atom stereocenters. The molecule has 2 aromatic rings. The normalized spacial score (nSPS) is 11.2. The number of carbonyl (C=O) groups is 2. The second kappa shape index (κ2) is 8.73. The first-order valence-electron chi connectivity index (χ1n) is 8.46. The van der Waals surface area contributed by atoms with Gasteiger partial charge in [0.2, 0.25) is 5.91 Å². The number of nitrogens with zero attached hydrogens (tertiary/aromatic N) is 1. The number of benzene rings is 1. The van der Waals surface area contributed by atoms with Gasteiger partial charge in [-0.1, -0.05) is 26.0 Å². The van der Waals surface area contributed by atoms with Crippen LogP contribution in [0.15, 0.2) is 36.5 Å². The maximum Gasteiger partial charge on any atom is 0.395 e. The van der Waals surface area contributed by atoms with Crippen LogP contribution in [0.3, 0.4) is 0 Å².